The number of anilines is 1. The van der Waals surface area contributed by atoms with E-state index in [2.05, 4.69) is 10.0 Å². The third kappa shape index (κ3) is 4.30. The maximum atomic E-state index is 12.1. The number of ether oxygens (including phenoxy) is 1. The van der Waals surface area contributed by atoms with E-state index in [1.807, 2.05) is 0 Å². The highest BCUT2D eigenvalue weighted by Crippen LogP contribution is 2.16. The van der Waals surface area contributed by atoms with E-state index in [4.69, 9.17) is 4.74 Å². The lowest BCUT2D eigenvalue weighted by atomic mass is 10.2. The molecule has 0 heterocycles. The topological polar surface area (TPSA) is 84.5 Å². The molecule has 0 aromatic heterocycles. The quantitative estimate of drug-likeness (QED) is 0.848. The van der Waals surface area contributed by atoms with E-state index in [-0.39, 0.29) is 10.8 Å². The van der Waals surface area contributed by atoms with Gasteiger partial charge in [-0.2, -0.15) is 0 Å². The molecule has 0 spiro atoms. The minimum absolute atomic E-state index is 0.154. The number of methoxy groups -OCH3 is 1. The molecule has 0 fully saturated rings. The normalized spacial score (nSPS) is 11.0. The van der Waals surface area contributed by atoms with Crippen LogP contribution >= 0.6 is 0 Å². The maximum Gasteiger partial charge on any atom is 0.255 e. The summed E-state index contributed by atoms with van der Waals surface area (Å²) in [6.07, 6.45) is 0. The third-order valence-corrected chi connectivity index (χ3v) is 4.67. The Hall–Kier alpha value is -2.38. The van der Waals surface area contributed by atoms with Crippen molar-refractivity contribution < 1.29 is 17.9 Å². The summed E-state index contributed by atoms with van der Waals surface area (Å²) in [5.74, 6) is 0.384. The summed E-state index contributed by atoms with van der Waals surface area (Å²) in [6.45, 7) is 2.03. The smallest absolute Gasteiger partial charge is 0.255 e. The van der Waals surface area contributed by atoms with Gasteiger partial charge in [0, 0.05) is 17.8 Å². The van der Waals surface area contributed by atoms with Crippen LogP contribution in [-0.4, -0.2) is 28.0 Å². The molecule has 0 aliphatic rings. The number of nitrogens with one attached hydrogen (secondary N) is 2. The minimum atomic E-state index is -3.49. The zero-order valence-electron chi connectivity index (χ0n) is 12.9. The number of sulfonamides is 1. The Morgan fingerprint density at radius 3 is 2.17 bits per heavy atom. The number of amides is 1. The molecule has 122 valence electrons. The number of hydrogen-bond donors (Lipinski definition) is 2. The number of carbonyl (C=O) groups is 1. The van der Waals surface area contributed by atoms with Crippen LogP contribution in [-0.2, 0) is 10.0 Å². The summed E-state index contributed by atoms with van der Waals surface area (Å²) in [6, 6.07) is 12.7. The van der Waals surface area contributed by atoms with E-state index in [1.165, 1.54) is 12.1 Å². The highest BCUT2D eigenvalue weighted by molar-refractivity contribution is 7.89. The molecule has 7 heteroatoms. The maximum absolute atomic E-state index is 12.1. The van der Waals surface area contributed by atoms with Crippen LogP contribution in [0.2, 0.25) is 0 Å². The van der Waals surface area contributed by atoms with E-state index in [0.717, 1.165) is 0 Å². The van der Waals surface area contributed by atoms with Crippen LogP contribution in [0.5, 0.6) is 5.75 Å². The molecule has 0 saturated heterocycles. The summed E-state index contributed by atoms with van der Waals surface area (Å²) in [5.41, 5.74) is 0.997. The Balaban J connectivity index is 2.09. The number of carbonyl (C=O) groups excluding carboxylic acids is 1. The Bertz CT molecular complexity index is 769. The molecule has 2 rings (SSSR count). The van der Waals surface area contributed by atoms with Crippen molar-refractivity contribution in [1.29, 1.82) is 0 Å². The molecule has 0 bridgehead atoms. The Morgan fingerprint density at radius 2 is 1.65 bits per heavy atom. The molecular formula is C16H18N2O4S. The molecule has 6 nitrogen and oxygen atoms in total. The van der Waals surface area contributed by atoms with Crippen LogP contribution < -0.4 is 14.8 Å². The summed E-state index contributed by atoms with van der Waals surface area (Å²) >= 11 is 0. The van der Waals surface area contributed by atoms with Gasteiger partial charge in [-0.3, -0.25) is 4.79 Å². The fourth-order valence-electron chi connectivity index (χ4n) is 1.94. The first kappa shape index (κ1) is 17.0. The van der Waals surface area contributed by atoms with Crippen molar-refractivity contribution in [2.24, 2.45) is 0 Å². The second kappa shape index (κ2) is 7.26. The van der Waals surface area contributed by atoms with Gasteiger partial charge in [0.2, 0.25) is 10.0 Å². The molecule has 2 aromatic carbocycles. The Kier molecular flexibility index (Phi) is 5.36. The zero-order chi connectivity index (χ0) is 16.9. The van der Waals surface area contributed by atoms with Crippen molar-refractivity contribution in [1.82, 2.24) is 4.72 Å². The van der Waals surface area contributed by atoms with Gasteiger partial charge >= 0.3 is 0 Å². The van der Waals surface area contributed by atoms with Crippen LogP contribution in [0.25, 0.3) is 0 Å². The SMILES string of the molecule is CCNS(=O)(=O)c1ccc(NC(=O)c2ccc(OC)cc2)cc1. The predicted molar refractivity (Wildman–Crippen MR) is 88.3 cm³/mol. The summed E-state index contributed by atoms with van der Waals surface area (Å²) in [4.78, 5) is 12.3. The van der Waals surface area contributed by atoms with Gasteiger partial charge in [0.25, 0.3) is 5.91 Å². The predicted octanol–water partition coefficient (Wildman–Crippen LogP) is 2.25. The molecular weight excluding hydrogens is 316 g/mol. The first-order valence-electron chi connectivity index (χ1n) is 7.01. The lowest BCUT2D eigenvalue weighted by Gasteiger charge is -2.08. The summed E-state index contributed by atoms with van der Waals surface area (Å²) < 4.78 is 31.1. The van der Waals surface area contributed by atoms with Crippen molar-refractivity contribution in [3.63, 3.8) is 0 Å². The molecule has 2 N–H and O–H groups in total. The van der Waals surface area contributed by atoms with Gasteiger partial charge in [-0.1, -0.05) is 6.92 Å². The average molecular weight is 334 g/mol. The second-order valence-electron chi connectivity index (χ2n) is 4.71. The van der Waals surface area contributed by atoms with Crippen molar-refractivity contribution >= 4 is 21.6 Å². The zero-order valence-corrected chi connectivity index (χ0v) is 13.7. The summed E-state index contributed by atoms with van der Waals surface area (Å²) in [7, 11) is -1.94. The van der Waals surface area contributed by atoms with Crippen molar-refractivity contribution in [3.05, 3.63) is 54.1 Å². The molecule has 1 amide bonds. The molecule has 0 atom stereocenters. The first-order chi connectivity index (χ1) is 11.0. The minimum Gasteiger partial charge on any atom is -0.497 e. The third-order valence-electron chi connectivity index (χ3n) is 3.11. The van der Waals surface area contributed by atoms with Crippen molar-refractivity contribution in [2.45, 2.75) is 11.8 Å². The van der Waals surface area contributed by atoms with Gasteiger partial charge in [0.15, 0.2) is 0 Å². The van der Waals surface area contributed by atoms with Gasteiger partial charge in [-0.05, 0) is 48.5 Å². The van der Waals surface area contributed by atoms with E-state index >= 15 is 0 Å². The van der Waals surface area contributed by atoms with Gasteiger partial charge in [-0.15, -0.1) is 0 Å². The van der Waals surface area contributed by atoms with Crippen molar-refractivity contribution in [3.8, 4) is 5.75 Å². The standard InChI is InChI=1S/C16H18N2O4S/c1-3-17-23(20,21)15-10-6-13(7-11-15)18-16(19)12-4-8-14(22-2)9-5-12/h4-11,17H,3H2,1-2H3,(H,18,19). The molecule has 0 saturated carbocycles. The van der Waals surface area contributed by atoms with Gasteiger partial charge in [0.1, 0.15) is 5.75 Å². The molecule has 0 unspecified atom stereocenters. The van der Waals surface area contributed by atoms with Crippen molar-refractivity contribution in [2.75, 3.05) is 19.0 Å². The molecule has 23 heavy (non-hydrogen) atoms. The fourth-order valence-corrected chi connectivity index (χ4v) is 2.98. The summed E-state index contributed by atoms with van der Waals surface area (Å²) in [5, 5.41) is 2.71. The highest BCUT2D eigenvalue weighted by Gasteiger charge is 2.12. The molecule has 0 aliphatic carbocycles. The Labute approximate surface area is 135 Å². The molecule has 0 radical (unpaired) electrons. The van der Waals surface area contributed by atoms with Crippen LogP contribution in [0.1, 0.15) is 17.3 Å². The van der Waals surface area contributed by atoms with Crippen LogP contribution in [0, 0.1) is 0 Å². The van der Waals surface area contributed by atoms with Gasteiger partial charge < -0.3 is 10.1 Å². The number of hydrogen-bond acceptors (Lipinski definition) is 4. The van der Waals surface area contributed by atoms with Gasteiger partial charge in [-0.25, -0.2) is 13.1 Å². The lowest BCUT2D eigenvalue weighted by molar-refractivity contribution is 0.102. The molecule has 2 aromatic rings. The number of rotatable bonds is 6. The van der Waals surface area contributed by atoms with Gasteiger partial charge in [0.05, 0.1) is 12.0 Å². The van der Waals surface area contributed by atoms with E-state index in [9.17, 15) is 13.2 Å². The Morgan fingerprint density at radius 1 is 1.04 bits per heavy atom. The average Bonchev–Trinajstić information content (AvgIpc) is 2.55. The van der Waals surface area contributed by atoms with E-state index in [1.54, 1.807) is 50.4 Å². The first-order valence-corrected chi connectivity index (χ1v) is 8.49. The largest absolute Gasteiger partial charge is 0.497 e. The van der Waals surface area contributed by atoms with Crippen LogP contribution in [0.3, 0.4) is 0 Å². The molecule has 0 aliphatic heterocycles. The van der Waals surface area contributed by atoms with E-state index < -0.39 is 10.0 Å². The van der Waals surface area contributed by atoms with Crippen LogP contribution in [0.4, 0.5) is 5.69 Å². The lowest BCUT2D eigenvalue weighted by Crippen LogP contribution is -2.23. The monoisotopic (exact) mass is 334 g/mol. The highest BCUT2D eigenvalue weighted by atomic mass is 32.2. The van der Waals surface area contributed by atoms with Crippen LogP contribution in [0.15, 0.2) is 53.4 Å². The van der Waals surface area contributed by atoms with E-state index in [0.29, 0.717) is 23.5 Å². The second-order valence-corrected chi connectivity index (χ2v) is 6.48. The fraction of sp³-hybridized carbons (Fsp3) is 0.188. The number of benzene rings is 2.